The highest BCUT2D eigenvalue weighted by molar-refractivity contribution is 6.33. The summed E-state index contributed by atoms with van der Waals surface area (Å²) in [5.41, 5.74) is 7.84. The summed E-state index contributed by atoms with van der Waals surface area (Å²) in [5, 5.41) is 9.89. The zero-order chi connectivity index (χ0) is 11.5. The van der Waals surface area contributed by atoms with Gasteiger partial charge in [-0.25, -0.2) is 0 Å². The van der Waals surface area contributed by atoms with Crippen molar-refractivity contribution in [3.63, 3.8) is 0 Å². The Morgan fingerprint density at radius 2 is 2.31 bits per heavy atom. The summed E-state index contributed by atoms with van der Waals surface area (Å²) in [6.07, 6.45) is 1.02. The molecule has 3 nitrogen and oxygen atoms in total. The fourth-order valence-electron chi connectivity index (χ4n) is 2.26. The number of aliphatic hydroxyl groups excluding tert-OH is 1. The number of benzene rings is 1. The molecule has 16 heavy (non-hydrogen) atoms. The van der Waals surface area contributed by atoms with Crippen molar-refractivity contribution in [2.45, 2.75) is 13.0 Å². The molecule has 0 radical (unpaired) electrons. The summed E-state index contributed by atoms with van der Waals surface area (Å²) in [7, 11) is 0. The number of nitrogens with zero attached hydrogens (tertiary/aromatic N) is 1. The van der Waals surface area contributed by atoms with E-state index in [1.54, 1.807) is 0 Å². The first-order valence-electron chi connectivity index (χ1n) is 5.59. The Kier molecular flexibility index (Phi) is 3.69. The summed E-state index contributed by atoms with van der Waals surface area (Å²) in [6.45, 7) is 2.56. The minimum atomic E-state index is 0.249. The number of hydrogen-bond donors (Lipinski definition) is 2. The Bertz CT molecular complexity index is 370. The zero-order valence-corrected chi connectivity index (χ0v) is 9.95. The van der Waals surface area contributed by atoms with Crippen molar-refractivity contribution >= 4 is 17.3 Å². The van der Waals surface area contributed by atoms with Crippen LogP contribution in [-0.2, 0) is 6.54 Å². The van der Waals surface area contributed by atoms with Crippen molar-refractivity contribution in [2.24, 2.45) is 11.7 Å². The standard InChI is InChI=1S/C12H17ClN2O/c13-11-3-1-2-10(6-14)12(11)15-5-4-9(7-15)8-16/h1-3,9,16H,4-8,14H2. The van der Waals surface area contributed by atoms with Crippen LogP contribution in [-0.4, -0.2) is 24.8 Å². The van der Waals surface area contributed by atoms with Gasteiger partial charge in [0.05, 0.1) is 10.7 Å². The maximum absolute atomic E-state index is 9.14. The summed E-state index contributed by atoms with van der Waals surface area (Å²) < 4.78 is 0. The van der Waals surface area contributed by atoms with Crippen LogP contribution in [0.4, 0.5) is 5.69 Å². The molecule has 1 aromatic rings. The maximum atomic E-state index is 9.14. The predicted molar refractivity (Wildman–Crippen MR) is 66.7 cm³/mol. The lowest BCUT2D eigenvalue weighted by atomic mass is 10.1. The van der Waals surface area contributed by atoms with E-state index in [0.717, 1.165) is 35.8 Å². The monoisotopic (exact) mass is 240 g/mol. The Morgan fingerprint density at radius 3 is 2.94 bits per heavy atom. The van der Waals surface area contributed by atoms with E-state index in [-0.39, 0.29) is 6.61 Å². The Morgan fingerprint density at radius 1 is 1.50 bits per heavy atom. The number of para-hydroxylation sites is 1. The van der Waals surface area contributed by atoms with Crippen LogP contribution in [0.15, 0.2) is 18.2 Å². The first kappa shape index (κ1) is 11.7. The van der Waals surface area contributed by atoms with Crippen LogP contribution in [0.1, 0.15) is 12.0 Å². The molecule has 3 N–H and O–H groups in total. The molecular weight excluding hydrogens is 224 g/mol. The molecule has 1 atom stereocenters. The largest absolute Gasteiger partial charge is 0.396 e. The van der Waals surface area contributed by atoms with Gasteiger partial charge in [-0.1, -0.05) is 23.7 Å². The van der Waals surface area contributed by atoms with Crippen LogP contribution in [0.25, 0.3) is 0 Å². The third kappa shape index (κ3) is 2.17. The van der Waals surface area contributed by atoms with E-state index in [1.807, 2.05) is 18.2 Å². The minimum Gasteiger partial charge on any atom is -0.396 e. The summed E-state index contributed by atoms with van der Waals surface area (Å²) in [5.74, 6) is 0.363. The third-order valence-electron chi connectivity index (χ3n) is 3.15. The number of nitrogens with two attached hydrogens (primary N) is 1. The molecule has 0 spiro atoms. The molecule has 0 amide bonds. The molecule has 88 valence electrons. The maximum Gasteiger partial charge on any atom is 0.0642 e. The van der Waals surface area contributed by atoms with Gasteiger partial charge in [0, 0.05) is 32.2 Å². The summed E-state index contributed by atoms with van der Waals surface area (Å²) >= 11 is 6.22. The second kappa shape index (κ2) is 5.04. The Hall–Kier alpha value is -0.770. The van der Waals surface area contributed by atoms with Gasteiger partial charge in [-0.05, 0) is 18.1 Å². The first-order valence-corrected chi connectivity index (χ1v) is 5.97. The van der Waals surface area contributed by atoms with Crippen LogP contribution >= 0.6 is 11.6 Å². The fourth-order valence-corrected chi connectivity index (χ4v) is 2.58. The van der Waals surface area contributed by atoms with Gasteiger partial charge in [0.15, 0.2) is 0 Å². The van der Waals surface area contributed by atoms with Gasteiger partial charge in [-0.2, -0.15) is 0 Å². The van der Waals surface area contributed by atoms with Crippen molar-refractivity contribution in [2.75, 3.05) is 24.6 Å². The highest BCUT2D eigenvalue weighted by Crippen LogP contribution is 2.33. The second-order valence-corrected chi connectivity index (χ2v) is 4.64. The van der Waals surface area contributed by atoms with Crippen molar-refractivity contribution in [1.29, 1.82) is 0 Å². The van der Waals surface area contributed by atoms with E-state index < -0.39 is 0 Å². The summed E-state index contributed by atoms with van der Waals surface area (Å²) in [6, 6.07) is 5.82. The van der Waals surface area contributed by atoms with Gasteiger partial charge < -0.3 is 15.7 Å². The number of anilines is 1. The molecule has 1 aliphatic rings. The summed E-state index contributed by atoms with van der Waals surface area (Å²) in [4.78, 5) is 2.23. The van der Waals surface area contributed by atoms with Crippen molar-refractivity contribution in [1.82, 2.24) is 0 Å². The minimum absolute atomic E-state index is 0.249. The van der Waals surface area contributed by atoms with Crippen LogP contribution in [0, 0.1) is 5.92 Å². The molecule has 1 heterocycles. The molecule has 1 aromatic carbocycles. The zero-order valence-electron chi connectivity index (χ0n) is 9.19. The van der Waals surface area contributed by atoms with Crippen LogP contribution in [0.5, 0.6) is 0 Å². The smallest absolute Gasteiger partial charge is 0.0642 e. The highest BCUT2D eigenvalue weighted by Gasteiger charge is 2.24. The van der Waals surface area contributed by atoms with E-state index in [9.17, 15) is 0 Å². The van der Waals surface area contributed by atoms with Crippen LogP contribution in [0.2, 0.25) is 5.02 Å². The highest BCUT2D eigenvalue weighted by atomic mass is 35.5. The molecule has 0 aromatic heterocycles. The third-order valence-corrected chi connectivity index (χ3v) is 3.46. The second-order valence-electron chi connectivity index (χ2n) is 4.23. The number of rotatable bonds is 3. The van der Waals surface area contributed by atoms with E-state index >= 15 is 0 Å². The predicted octanol–water partition coefficient (Wildman–Crippen LogP) is 1.62. The molecule has 1 fully saturated rings. The molecule has 0 aliphatic carbocycles. The number of hydrogen-bond acceptors (Lipinski definition) is 3. The molecule has 1 unspecified atom stereocenters. The molecule has 0 saturated carbocycles. The van der Waals surface area contributed by atoms with Crippen molar-refractivity contribution in [3.8, 4) is 0 Å². The quantitative estimate of drug-likeness (QED) is 0.844. The van der Waals surface area contributed by atoms with E-state index in [4.69, 9.17) is 22.4 Å². The number of halogens is 1. The van der Waals surface area contributed by atoms with Gasteiger partial charge in [-0.15, -0.1) is 0 Å². The van der Waals surface area contributed by atoms with E-state index in [2.05, 4.69) is 4.90 Å². The average molecular weight is 241 g/mol. The van der Waals surface area contributed by atoms with E-state index in [0.29, 0.717) is 12.5 Å². The average Bonchev–Trinajstić information content (AvgIpc) is 2.76. The van der Waals surface area contributed by atoms with Gasteiger partial charge in [0.1, 0.15) is 0 Å². The lowest BCUT2D eigenvalue weighted by Gasteiger charge is -2.22. The molecule has 2 rings (SSSR count). The molecule has 1 saturated heterocycles. The molecule has 0 bridgehead atoms. The van der Waals surface area contributed by atoms with Gasteiger partial charge in [0.2, 0.25) is 0 Å². The van der Waals surface area contributed by atoms with E-state index in [1.165, 1.54) is 0 Å². The Balaban J connectivity index is 2.26. The lowest BCUT2D eigenvalue weighted by molar-refractivity contribution is 0.238. The van der Waals surface area contributed by atoms with Gasteiger partial charge in [0.25, 0.3) is 0 Å². The van der Waals surface area contributed by atoms with Crippen molar-refractivity contribution in [3.05, 3.63) is 28.8 Å². The first-order chi connectivity index (χ1) is 7.76. The fraction of sp³-hybridized carbons (Fsp3) is 0.500. The molecular formula is C12H17ClN2O. The normalized spacial score (nSPS) is 20.4. The lowest BCUT2D eigenvalue weighted by Crippen LogP contribution is -2.23. The Labute approximate surface area is 101 Å². The molecule has 4 heteroatoms. The number of aliphatic hydroxyl groups is 1. The van der Waals surface area contributed by atoms with Crippen LogP contribution in [0.3, 0.4) is 0 Å². The SMILES string of the molecule is NCc1cccc(Cl)c1N1CCC(CO)C1. The van der Waals surface area contributed by atoms with Crippen LogP contribution < -0.4 is 10.6 Å². The molecule has 1 aliphatic heterocycles. The topological polar surface area (TPSA) is 49.5 Å². The van der Waals surface area contributed by atoms with Crippen molar-refractivity contribution < 1.29 is 5.11 Å². The van der Waals surface area contributed by atoms with Gasteiger partial charge >= 0.3 is 0 Å². The van der Waals surface area contributed by atoms with Gasteiger partial charge in [-0.3, -0.25) is 0 Å².